The monoisotopic (exact) mass is 206 g/mol. The van der Waals surface area contributed by atoms with E-state index in [1.165, 1.54) is 0 Å². The lowest BCUT2D eigenvalue weighted by Crippen LogP contribution is -2.07. The lowest BCUT2D eigenvalue weighted by Gasteiger charge is -2.09. The van der Waals surface area contributed by atoms with Gasteiger partial charge in [-0.2, -0.15) is 0 Å². The van der Waals surface area contributed by atoms with E-state index < -0.39 is 23.7 Å². The van der Waals surface area contributed by atoms with E-state index in [9.17, 15) is 13.2 Å². The van der Waals surface area contributed by atoms with Crippen molar-refractivity contribution in [3.63, 3.8) is 0 Å². The van der Waals surface area contributed by atoms with Crippen molar-refractivity contribution >= 4 is 0 Å². The van der Waals surface area contributed by atoms with Crippen LogP contribution in [0.25, 0.3) is 0 Å². The number of nitrogens with two attached hydrogens (primary N) is 1. The second-order valence-electron chi connectivity index (χ2n) is 2.53. The zero-order chi connectivity index (χ0) is 10.7. The molecule has 0 atom stereocenters. The molecule has 0 aliphatic carbocycles. The topological polar surface area (TPSA) is 48.1 Å². The molecular weight excluding hydrogens is 197 g/mol. The van der Waals surface area contributed by atoms with Crippen molar-refractivity contribution in [1.29, 1.82) is 0 Å². The summed E-state index contributed by atoms with van der Waals surface area (Å²) in [5.41, 5.74) is 4.25. The molecule has 0 saturated carbocycles. The van der Waals surface area contributed by atoms with Gasteiger partial charge < -0.3 is 10.5 Å². The average molecular weight is 206 g/mol. The van der Waals surface area contributed by atoms with Crippen LogP contribution in [0.4, 0.5) is 13.2 Å². The van der Waals surface area contributed by atoms with Crippen molar-refractivity contribution in [1.82, 2.24) is 4.98 Å². The van der Waals surface area contributed by atoms with E-state index in [-0.39, 0.29) is 12.1 Å². The molecular formula is C8H9F3N2O. The summed E-state index contributed by atoms with van der Waals surface area (Å²) in [6.45, 7) is -0.178. The number of halogens is 3. The zero-order valence-electron chi connectivity index (χ0n) is 7.43. The largest absolute Gasteiger partial charge is 0.481 e. The van der Waals surface area contributed by atoms with Gasteiger partial charge in [0.15, 0.2) is 0 Å². The number of pyridine rings is 1. The van der Waals surface area contributed by atoms with E-state index >= 15 is 0 Å². The first kappa shape index (κ1) is 10.8. The third kappa shape index (κ3) is 1.79. The Kier molecular flexibility index (Phi) is 3.29. The molecule has 78 valence electrons. The van der Waals surface area contributed by atoms with Gasteiger partial charge in [0.05, 0.1) is 7.11 Å². The summed E-state index contributed by atoms with van der Waals surface area (Å²) in [7, 11) is 1.15. The Hall–Kier alpha value is -1.30. The predicted molar refractivity (Wildman–Crippen MR) is 43.6 cm³/mol. The fourth-order valence-electron chi connectivity index (χ4n) is 1.02. The van der Waals surface area contributed by atoms with E-state index in [0.717, 1.165) is 13.3 Å². The summed E-state index contributed by atoms with van der Waals surface area (Å²) < 4.78 is 42.6. The van der Waals surface area contributed by atoms with Gasteiger partial charge in [-0.05, 0) is 0 Å². The van der Waals surface area contributed by atoms with Crippen LogP contribution in [0.15, 0.2) is 6.20 Å². The highest BCUT2D eigenvalue weighted by molar-refractivity contribution is 5.33. The molecule has 0 unspecified atom stereocenters. The van der Waals surface area contributed by atoms with Gasteiger partial charge in [0, 0.05) is 18.3 Å². The van der Waals surface area contributed by atoms with Gasteiger partial charge in [-0.3, -0.25) is 0 Å². The van der Waals surface area contributed by atoms with Crippen LogP contribution in [0.5, 0.6) is 5.88 Å². The lowest BCUT2D eigenvalue weighted by molar-refractivity contribution is 0.140. The minimum absolute atomic E-state index is 0.0545. The van der Waals surface area contributed by atoms with Crippen molar-refractivity contribution < 1.29 is 17.9 Å². The van der Waals surface area contributed by atoms with E-state index in [1.807, 2.05) is 0 Å². The second-order valence-corrected chi connectivity index (χ2v) is 2.53. The summed E-state index contributed by atoms with van der Waals surface area (Å²) in [6.07, 6.45) is -1.89. The van der Waals surface area contributed by atoms with Gasteiger partial charge >= 0.3 is 0 Å². The zero-order valence-corrected chi connectivity index (χ0v) is 7.43. The van der Waals surface area contributed by atoms with Crippen molar-refractivity contribution in [3.8, 4) is 5.88 Å². The lowest BCUT2D eigenvalue weighted by atomic mass is 10.2. The molecule has 1 aromatic rings. The van der Waals surface area contributed by atoms with Crippen LogP contribution >= 0.6 is 0 Å². The maximum absolute atomic E-state index is 13.3. The molecule has 0 saturated heterocycles. The van der Waals surface area contributed by atoms with Gasteiger partial charge in [-0.25, -0.2) is 18.2 Å². The highest BCUT2D eigenvalue weighted by Crippen LogP contribution is 2.30. The third-order valence-corrected chi connectivity index (χ3v) is 1.72. The van der Waals surface area contributed by atoms with E-state index in [1.54, 1.807) is 0 Å². The van der Waals surface area contributed by atoms with Crippen LogP contribution in [-0.4, -0.2) is 12.1 Å². The third-order valence-electron chi connectivity index (χ3n) is 1.72. The van der Waals surface area contributed by atoms with Crippen molar-refractivity contribution in [2.45, 2.75) is 13.0 Å². The molecule has 2 N–H and O–H groups in total. The molecule has 0 aliphatic heterocycles. The summed E-state index contributed by atoms with van der Waals surface area (Å²) in [6, 6.07) is 0. The average Bonchev–Trinajstić information content (AvgIpc) is 2.16. The number of nitrogens with zero attached hydrogens (tertiary/aromatic N) is 1. The SMILES string of the molecule is COc1ncc(CN)c(F)c1C(F)F. The number of rotatable bonds is 3. The highest BCUT2D eigenvalue weighted by atomic mass is 19.3. The highest BCUT2D eigenvalue weighted by Gasteiger charge is 2.22. The first-order valence-electron chi connectivity index (χ1n) is 3.81. The number of methoxy groups -OCH3 is 1. The minimum atomic E-state index is -2.97. The number of ether oxygens (including phenoxy) is 1. The Labute approximate surface area is 78.7 Å². The molecule has 0 aliphatic rings. The smallest absolute Gasteiger partial charge is 0.271 e. The summed E-state index contributed by atoms with van der Waals surface area (Å²) in [5, 5.41) is 0. The molecule has 1 rings (SSSR count). The van der Waals surface area contributed by atoms with Crippen molar-refractivity contribution in [3.05, 3.63) is 23.1 Å². The number of aromatic nitrogens is 1. The predicted octanol–water partition coefficient (Wildman–Crippen LogP) is 1.63. The maximum atomic E-state index is 13.3. The maximum Gasteiger partial charge on any atom is 0.271 e. The Balaban J connectivity index is 3.31. The molecule has 0 bridgehead atoms. The number of hydrogen-bond acceptors (Lipinski definition) is 3. The van der Waals surface area contributed by atoms with Gasteiger partial charge in [-0.15, -0.1) is 0 Å². The van der Waals surface area contributed by atoms with Crippen LogP contribution in [0, 0.1) is 5.82 Å². The summed E-state index contributed by atoms with van der Waals surface area (Å²) in [5.74, 6) is -1.45. The Morgan fingerprint density at radius 1 is 1.57 bits per heavy atom. The second kappa shape index (κ2) is 4.28. The molecule has 0 fully saturated rings. The van der Waals surface area contributed by atoms with Crippen LogP contribution in [0.2, 0.25) is 0 Å². The first-order chi connectivity index (χ1) is 6.61. The van der Waals surface area contributed by atoms with Crippen LogP contribution in [-0.2, 0) is 6.54 Å². The van der Waals surface area contributed by atoms with Crippen molar-refractivity contribution in [2.75, 3.05) is 7.11 Å². The van der Waals surface area contributed by atoms with E-state index in [2.05, 4.69) is 9.72 Å². The van der Waals surface area contributed by atoms with Crippen molar-refractivity contribution in [2.24, 2.45) is 5.73 Å². The molecule has 0 amide bonds. The molecule has 14 heavy (non-hydrogen) atoms. The number of hydrogen-bond donors (Lipinski definition) is 1. The normalized spacial score (nSPS) is 10.7. The van der Waals surface area contributed by atoms with Crippen LogP contribution in [0.3, 0.4) is 0 Å². The Morgan fingerprint density at radius 3 is 2.64 bits per heavy atom. The fourth-order valence-corrected chi connectivity index (χ4v) is 1.02. The number of alkyl halides is 2. The fraction of sp³-hybridized carbons (Fsp3) is 0.375. The molecule has 6 heteroatoms. The van der Waals surface area contributed by atoms with E-state index in [0.29, 0.717) is 0 Å². The molecule has 0 radical (unpaired) electrons. The Morgan fingerprint density at radius 2 is 2.21 bits per heavy atom. The standard InChI is InChI=1S/C8H9F3N2O/c1-14-8-5(7(10)11)6(9)4(2-12)3-13-8/h3,7H,2,12H2,1H3. The molecule has 0 aromatic carbocycles. The van der Waals surface area contributed by atoms with Crippen LogP contribution < -0.4 is 10.5 Å². The molecule has 3 nitrogen and oxygen atoms in total. The molecule has 1 aromatic heterocycles. The molecule has 0 spiro atoms. The van der Waals surface area contributed by atoms with Gasteiger partial charge in [0.1, 0.15) is 11.4 Å². The summed E-state index contributed by atoms with van der Waals surface area (Å²) >= 11 is 0. The first-order valence-corrected chi connectivity index (χ1v) is 3.81. The van der Waals surface area contributed by atoms with E-state index in [4.69, 9.17) is 5.73 Å². The van der Waals surface area contributed by atoms with Gasteiger partial charge in [-0.1, -0.05) is 0 Å². The van der Waals surface area contributed by atoms with Gasteiger partial charge in [0.25, 0.3) is 6.43 Å². The van der Waals surface area contributed by atoms with Crippen LogP contribution in [0.1, 0.15) is 17.6 Å². The molecule has 1 heterocycles. The minimum Gasteiger partial charge on any atom is -0.481 e. The Bertz CT molecular complexity index is 331. The quantitative estimate of drug-likeness (QED) is 0.817. The van der Waals surface area contributed by atoms with Gasteiger partial charge in [0.2, 0.25) is 5.88 Å². The summed E-state index contributed by atoms with van der Waals surface area (Å²) in [4.78, 5) is 3.53.